The van der Waals surface area contributed by atoms with Crippen molar-refractivity contribution in [1.82, 2.24) is 9.97 Å². The Kier molecular flexibility index (Phi) is 3.56. The molecule has 1 saturated heterocycles. The number of aromatic nitrogens is 2. The van der Waals surface area contributed by atoms with Crippen molar-refractivity contribution in [2.75, 3.05) is 11.4 Å². The SMILES string of the molecule is CCc1cc(N2CCCCC2C(=O)O)ncn1. The fourth-order valence-corrected chi connectivity index (χ4v) is 2.20. The van der Waals surface area contributed by atoms with Gasteiger partial charge in [0.05, 0.1) is 0 Å². The lowest BCUT2D eigenvalue weighted by Crippen LogP contribution is -2.45. The van der Waals surface area contributed by atoms with Gasteiger partial charge in [-0.2, -0.15) is 0 Å². The van der Waals surface area contributed by atoms with E-state index >= 15 is 0 Å². The molecule has 1 unspecified atom stereocenters. The van der Waals surface area contributed by atoms with Gasteiger partial charge >= 0.3 is 5.97 Å². The first-order chi connectivity index (χ1) is 8.22. The molecule has 1 aromatic heterocycles. The average Bonchev–Trinajstić information content (AvgIpc) is 2.39. The molecule has 0 amide bonds. The highest BCUT2D eigenvalue weighted by Gasteiger charge is 2.29. The second kappa shape index (κ2) is 5.12. The number of carboxylic acid groups (broad SMARTS) is 1. The molecule has 0 radical (unpaired) electrons. The van der Waals surface area contributed by atoms with E-state index in [1.165, 1.54) is 6.33 Å². The van der Waals surface area contributed by atoms with Crippen molar-refractivity contribution in [3.63, 3.8) is 0 Å². The number of nitrogens with zero attached hydrogens (tertiary/aromatic N) is 3. The van der Waals surface area contributed by atoms with Gasteiger partial charge in [0.1, 0.15) is 18.2 Å². The summed E-state index contributed by atoms with van der Waals surface area (Å²) in [4.78, 5) is 21.4. The van der Waals surface area contributed by atoms with Crippen molar-refractivity contribution < 1.29 is 9.90 Å². The van der Waals surface area contributed by atoms with E-state index < -0.39 is 12.0 Å². The van der Waals surface area contributed by atoms with Crippen LogP contribution >= 0.6 is 0 Å². The van der Waals surface area contributed by atoms with E-state index in [9.17, 15) is 9.90 Å². The number of piperidine rings is 1. The maximum absolute atomic E-state index is 11.2. The van der Waals surface area contributed by atoms with Gasteiger partial charge in [-0.3, -0.25) is 0 Å². The van der Waals surface area contributed by atoms with Gasteiger partial charge < -0.3 is 10.0 Å². The number of aliphatic carboxylic acids is 1. The average molecular weight is 235 g/mol. The van der Waals surface area contributed by atoms with Gasteiger partial charge in [-0.1, -0.05) is 6.92 Å². The molecule has 92 valence electrons. The molecule has 1 fully saturated rings. The number of hydrogen-bond donors (Lipinski definition) is 1. The number of aryl methyl sites for hydroxylation is 1. The third-order valence-electron chi connectivity index (χ3n) is 3.15. The molecule has 1 aromatic rings. The summed E-state index contributed by atoms with van der Waals surface area (Å²) in [5, 5.41) is 9.21. The molecule has 1 atom stereocenters. The van der Waals surface area contributed by atoms with Crippen LogP contribution in [0.25, 0.3) is 0 Å². The van der Waals surface area contributed by atoms with E-state index in [1.54, 1.807) is 0 Å². The standard InChI is InChI=1S/C12H17N3O2/c1-2-9-7-11(14-8-13-9)15-6-4-3-5-10(15)12(16)17/h7-8,10H,2-6H2,1H3,(H,16,17). The van der Waals surface area contributed by atoms with Gasteiger partial charge in [0.25, 0.3) is 0 Å². The Morgan fingerprint density at radius 2 is 2.35 bits per heavy atom. The topological polar surface area (TPSA) is 66.3 Å². The van der Waals surface area contributed by atoms with E-state index in [2.05, 4.69) is 9.97 Å². The van der Waals surface area contributed by atoms with Crippen molar-refractivity contribution in [1.29, 1.82) is 0 Å². The second-order valence-electron chi connectivity index (χ2n) is 4.26. The van der Waals surface area contributed by atoms with Crippen molar-refractivity contribution >= 4 is 11.8 Å². The first kappa shape index (κ1) is 11.8. The van der Waals surface area contributed by atoms with Gasteiger partial charge in [0.2, 0.25) is 0 Å². The largest absolute Gasteiger partial charge is 0.480 e. The summed E-state index contributed by atoms with van der Waals surface area (Å²) in [6.07, 6.45) is 5.04. The van der Waals surface area contributed by atoms with Crippen molar-refractivity contribution in [3.8, 4) is 0 Å². The zero-order chi connectivity index (χ0) is 12.3. The molecule has 2 heterocycles. The number of hydrogen-bond acceptors (Lipinski definition) is 4. The van der Waals surface area contributed by atoms with Crippen molar-refractivity contribution in [3.05, 3.63) is 18.1 Å². The van der Waals surface area contributed by atoms with Crippen LogP contribution in [0, 0.1) is 0 Å². The van der Waals surface area contributed by atoms with Crippen LogP contribution in [-0.2, 0) is 11.2 Å². The predicted octanol–water partition coefficient (Wildman–Crippen LogP) is 1.48. The van der Waals surface area contributed by atoms with E-state index in [0.717, 1.165) is 37.3 Å². The van der Waals surface area contributed by atoms with Gasteiger partial charge in [0.15, 0.2) is 0 Å². The van der Waals surface area contributed by atoms with Crippen LogP contribution in [0.15, 0.2) is 12.4 Å². The molecule has 0 aliphatic carbocycles. The highest BCUT2D eigenvalue weighted by Crippen LogP contribution is 2.23. The summed E-state index contributed by atoms with van der Waals surface area (Å²) in [6, 6.07) is 1.45. The molecular weight excluding hydrogens is 218 g/mol. The molecule has 0 aromatic carbocycles. The Balaban J connectivity index is 2.26. The lowest BCUT2D eigenvalue weighted by atomic mass is 10.0. The molecule has 0 saturated carbocycles. The van der Waals surface area contributed by atoms with E-state index in [0.29, 0.717) is 6.42 Å². The Morgan fingerprint density at radius 3 is 3.06 bits per heavy atom. The zero-order valence-electron chi connectivity index (χ0n) is 9.96. The minimum absolute atomic E-state index is 0.441. The molecule has 0 spiro atoms. The quantitative estimate of drug-likeness (QED) is 0.859. The highest BCUT2D eigenvalue weighted by atomic mass is 16.4. The molecule has 17 heavy (non-hydrogen) atoms. The maximum Gasteiger partial charge on any atom is 0.326 e. The minimum Gasteiger partial charge on any atom is -0.480 e. The summed E-state index contributed by atoms with van der Waals surface area (Å²) in [7, 11) is 0. The summed E-state index contributed by atoms with van der Waals surface area (Å²) in [6.45, 7) is 2.79. The van der Waals surface area contributed by atoms with Crippen LogP contribution in [-0.4, -0.2) is 33.6 Å². The lowest BCUT2D eigenvalue weighted by Gasteiger charge is -2.33. The first-order valence-electron chi connectivity index (χ1n) is 6.02. The van der Waals surface area contributed by atoms with E-state index in [4.69, 9.17) is 0 Å². The van der Waals surface area contributed by atoms with Crippen molar-refractivity contribution in [2.45, 2.75) is 38.6 Å². The monoisotopic (exact) mass is 235 g/mol. The van der Waals surface area contributed by atoms with Crippen LogP contribution in [0.1, 0.15) is 31.9 Å². The number of anilines is 1. The number of carboxylic acids is 1. The molecular formula is C12H17N3O2. The second-order valence-corrected chi connectivity index (χ2v) is 4.26. The summed E-state index contributed by atoms with van der Waals surface area (Å²) in [5.41, 5.74) is 0.949. The van der Waals surface area contributed by atoms with Crippen LogP contribution in [0.2, 0.25) is 0 Å². The van der Waals surface area contributed by atoms with Crippen LogP contribution in [0.5, 0.6) is 0 Å². The fraction of sp³-hybridized carbons (Fsp3) is 0.583. The molecule has 5 nitrogen and oxygen atoms in total. The highest BCUT2D eigenvalue weighted by molar-refractivity contribution is 5.77. The van der Waals surface area contributed by atoms with Gasteiger partial charge in [-0.05, 0) is 25.7 Å². The van der Waals surface area contributed by atoms with Gasteiger partial charge in [-0.15, -0.1) is 0 Å². The summed E-state index contributed by atoms with van der Waals surface area (Å²) < 4.78 is 0. The smallest absolute Gasteiger partial charge is 0.326 e. The third-order valence-corrected chi connectivity index (χ3v) is 3.15. The van der Waals surface area contributed by atoms with Crippen LogP contribution in [0.4, 0.5) is 5.82 Å². The predicted molar refractivity (Wildman–Crippen MR) is 64.0 cm³/mol. The Hall–Kier alpha value is -1.65. The maximum atomic E-state index is 11.2. The molecule has 2 rings (SSSR count). The lowest BCUT2D eigenvalue weighted by molar-refractivity contribution is -0.139. The molecule has 1 aliphatic heterocycles. The number of rotatable bonds is 3. The first-order valence-corrected chi connectivity index (χ1v) is 6.02. The summed E-state index contributed by atoms with van der Waals surface area (Å²) in [5.74, 6) is -0.0229. The number of carbonyl (C=O) groups is 1. The zero-order valence-corrected chi connectivity index (χ0v) is 9.96. The van der Waals surface area contributed by atoms with Gasteiger partial charge in [0, 0.05) is 18.3 Å². The normalized spacial score (nSPS) is 20.3. The molecule has 0 bridgehead atoms. The third kappa shape index (κ3) is 2.54. The van der Waals surface area contributed by atoms with E-state index in [-0.39, 0.29) is 0 Å². The van der Waals surface area contributed by atoms with Crippen molar-refractivity contribution in [2.24, 2.45) is 0 Å². The molecule has 5 heteroatoms. The molecule has 1 N–H and O–H groups in total. The summed E-state index contributed by atoms with van der Waals surface area (Å²) >= 11 is 0. The van der Waals surface area contributed by atoms with Crippen LogP contribution < -0.4 is 4.90 Å². The molecule has 1 aliphatic rings. The van der Waals surface area contributed by atoms with E-state index in [1.807, 2.05) is 17.9 Å². The van der Waals surface area contributed by atoms with Crippen LogP contribution in [0.3, 0.4) is 0 Å². The fourth-order valence-electron chi connectivity index (χ4n) is 2.20. The Bertz CT molecular complexity index is 408. The van der Waals surface area contributed by atoms with Gasteiger partial charge in [-0.25, -0.2) is 14.8 Å². The minimum atomic E-state index is -0.763. The Morgan fingerprint density at radius 1 is 1.53 bits per heavy atom. The Labute approximate surface area is 100 Å².